The molecule has 2 aromatic rings. The number of amides is 1. The van der Waals surface area contributed by atoms with Crippen molar-refractivity contribution in [1.82, 2.24) is 10.2 Å². The summed E-state index contributed by atoms with van der Waals surface area (Å²) >= 11 is 3.05. The van der Waals surface area contributed by atoms with Crippen LogP contribution in [-0.2, 0) is 4.79 Å². The molecule has 0 bridgehead atoms. The fourth-order valence-corrected chi connectivity index (χ4v) is 3.88. The second kappa shape index (κ2) is 9.20. The molecule has 25 heavy (non-hydrogen) atoms. The Bertz CT molecular complexity index is 716. The molecule has 2 rings (SSSR count). The van der Waals surface area contributed by atoms with Gasteiger partial charge in [-0.2, -0.15) is 0 Å². The zero-order valence-corrected chi connectivity index (χ0v) is 17.0. The molecule has 1 atom stereocenters. The first-order chi connectivity index (χ1) is 11.9. The van der Waals surface area contributed by atoms with Crippen LogP contribution in [0.1, 0.15) is 38.3 Å². The Morgan fingerprint density at radius 3 is 2.72 bits per heavy atom. The molecule has 1 N–H and O–H groups in total. The minimum Gasteiger partial charge on any atom is -0.480 e. The average Bonchev–Trinajstić information content (AvgIpc) is 2.99. The fourth-order valence-electron chi connectivity index (χ4n) is 2.15. The minimum atomic E-state index is -0.558. The van der Waals surface area contributed by atoms with Crippen LogP contribution in [0.3, 0.4) is 0 Å². The van der Waals surface area contributed by atoms with Crippen LogP contribution in [-0.4, -0.2) is 28.0 Å². The van der Waals surface area contributed by atoms with Gasteiger partial charge in [-0.25, -0.2) is 0 Å². The molecule has 1 aromatic heterocycles. The summed E-state index contributed by atoms with van der Waals surface area (Å²) in [7, 11) is 0. The number of benzene rings is 1. The number of nitrogens with zero attached hydrogens (tertiary/aromatic N) is 2. The highest BCUT2D eigenvalue weighted by Crippen LogP contribution is 2.27. The maximum absolute atomic E-state index is 12.5. The van der Waals surface area contributed by atoms with Gasteiger partial charge in [0.25, 0.3) is 5.91 Å². The van der Waals surface area contributed by atoms with E-state index in [4.69, 9.17) is 4.74 Å². The molecule has 136 valence electrons. The van der Waals surface area contributed by atoms with E-state index in [0.717, 1.165) is 21.4 Å². The van der Waals surface area contributed by atoms with Gasteiger partial charge < -0.3 is 4.74 Å². The van der Waals surface area contributed by atoms with Crippen molar-refractivity contribution in [3.05, 3.63) is 29.3 Å². The van der Waals surface area contributed by atoms with Crippen LogP contribution < -0.4 is 10.1 Å². The predicted octanol–water partition coefficient (Wildman–Crippen LogP) is 4.70. The normalized spacial score (nSPS) is 12.2. The largest absolute Gasteiger partial charge is 0.480 e. The summed E-state index contributed by atoms with van der Waals surface area (Å²) in [6, 6.07) is 5.94. The number of carbonyl (C=O) groups excluding carboxylic acids is 1. The van der Waals surface area contributed by atoms with Gasteiger partial charge in [-0.05, 0) is 37.8 Å². The third-order valence-electron chi connectivity index (χ3n) is 3.44. The van der Waals surface area contributed by atoms with E-state index in [1.54, 1.807) is 11.8 Å². The number of anilines is 1. The van der Waals surface area contributed by atoms with E-state index in [0.29, 0.717) is 17.5 Å². The molecule has 1 aromatic carbocycles. The summed E-state index contributed by atoms with van der Waals surface area (Å²) in [5.41, 5.74) is 2.19. The molecular formula is C18H25N3O2S2. The smallest absolute Gasteiger partial charge is 0.267 e. The second-order valence-electron chi connectivity index (χ2n) is 6.35. The lowest BCUT2D eigenvalue weighted by Gasteiger charge is -2.18. The van der Waals surface area contributed by atoms with Crippen LogP contribution >= 0.6 is 23.1 Å². The number of nitrogens with one attached hydrogen (secondary N) is 1. The zero-order chi connectivity index (χ0) is 18.4. The standard InChI is InChI=1S/C18H25N3O2S2/c1-6-14(23-15-8-7-12(4)9-13(15)5)16(22)19-17-20-21-18(25-17)24-10-11(2)3/h7-9,11,14H,6,10H2,1-5H3,(H,19,20,22). The van der Waals surface area contributed by atoms with Crippen molar-refractivity contribution < 1.29 is 9.53 Å². The van der Waals surface area contributed by atoms with E-state index >= 15 is 0 Å². The summed E-state index contributed by atoms with van der Waals surface area (Å²) in [6.07, 6.45) is 0.0180. The Morgan fingerprint density at radius 1 is 1.32 bits per heavy atom. The van der Waals surface area contributed by atoms with Crippen LogP contribution in [0.5, 0.6) is 5.75 Å². The van der Waals surface area contributed by atoms with Gasteiger partial charge in [0.15, 0.2) is 10.4 Å². The third kappa shape index (κ3) is 6.01. The molecule has 0 saturated heterocycles. The molecule has 1 amide bonds. The Morgan fingerprint density at radius 2 is 2.08 bits per heavy atom. The number of aromatic nitrogens is 2. The quantitative estimate of drug-likeness (QED) is 0.532. The first kappa shape index (κ1) is 19.7. The number of rotatable bonds is 8. The number of carbonyl (C=O) groups is 1. The Balaban J connectivity index is 1.97. The van der Waals surface area contributed by atoms with Gasteiger partial charge >= 0.3 is 0 Å². The second-order valence-corrected chi connectivity index (χ2v) is 8.60. The van der Waals surface area contributed by atoms with Gasteiger partial charge in [0, 0.05) is 5.75 Å². The summed E-state index contributed by atoms with van der Waals surface area (Å²) in [4.78, 5) is 12.5. The number of hydrogen-bond acceptors (Lipinski definition) is 6. The highest BCUT2D eigenvalue weighted by atomic mass is 32.2. The molecule has 1 heterocycles. The Hall–Kier alpha value is -1.60. The van der Waals surface area contributed by atoms with Crippen LogP contribution in [0.2, 0.25) is 0 Å². The van der Waals surface area contributed by atoms with Crippen molar-refractivity contribution in [2.24, 2.45) is 5.92 Å². The Labute approximate surface area is 157 Å². The van der Waals surface area contributed by atoms with Gasteiger partial charge in [-0.3, -0.25) is 10.1 Å². The number of thioether (sulfide) groups is 1. The lowest BCUT2D eigenvalue weighted by Crippen LogP contribution is -2.32. The van der Waals surface area contributed by atoms with E-state index < -0.39 is 6.10 Å². The third-order valence-corrected chi connectivity index (χ3v) is 5.84. The topological polar surface area (TPSA) is 64.1 Å². The maximum Gasteiger partial charge on any atom is 0.267 e. The van der Waals surface area contributed by atoms with Crippen molar-refractivity contribution in [2.45, 2.75) is 51.5 Å². The highest BCUT2D eigenvalue weighted by Gasteiger charge is 2.21. The lowest BCUT2D eigenvalue weighted by molar-refractivity contribution is -0.122. The van der Waals surface area contributed by atoms with Gasteiger partial charge in [-0.1, -0.05) is 61.6 Å². The molecule has 0 saturated carbocycles. The van der Waals surface area contributed by atoms with Crippen LogP contribution in [0.25, 0.3) is 0 Å². The summed E-state index contributed by atoms with van der Waals surface area (Å²) in [5.74, 6) is 2.11. The molecular weight excluding hydrogens is 354 g/mol. The average molecular weight is 380 g/mol. The monoisotopic (exact) mass is 379 g/mol. The molecule has 0 radical (unpaired) electrons. The molecule has 0 aliphatic heterocycles. The number of hydrogen-bond donors (Lipinski definition) is 1. The minimum absolute atomic E-state index is 0.195. The van der Waals surface area contributed by atoms with E-state index in [1.807, 2.05) is 39.0 Å². The van der Waals surface area contributed by atoms with Crippen molar-refractivity contribution in [2.75, 3.05) is 11.1 Å². The molecule has 0 spiro atoms. The van der Waals surface area contributed by atoms with Crippen molar-refractivity contribution in [1.29, 1.82) is 0 Å². The first-order valence-corrected chi connectivity index (χ1v) is 10.2. The fraction of sp³-hybridized carbons (Fsp3) is 0.500. The van der Waals surface area contributed by atoms with E-state index in [2.05, 4.69) is 29.4 Å². The van der Waals surface area contributed by atoms with E-state index in [1.165, 1.54) is 16.9 Å². The number of aryl methyl sites for hydroxylation is 2. The zero-order valence-electron chi connectivity index (χ0n) is 15.3. The predicted molar refractivity (Wildman–Crippen MR) is 105 cm³/mol. The molecule has 7 heteroatoms. The summed E-state index contributed by atoms with van der Waals surface area (Å²) < 4.78 is 6.78. The molecule has 0 fully saturated rings. The molecule has 5 nitrogen and oxygen atoms in total. The molecule has 0 aliphatic carbocycles. The number of ether oxygens (including phenoxy) is 1. The molecule has 0 aliphatic rings. The molecule has 1 unspecified atom stereocenters. The van der Waals surface area contributed by atoms with E-state index in [9.17, 15) is 4.79 Å². The highest BCUT2D eigenvalue weighted by molar-refractivity contribution is 8.01. The van der Waals surface area contributed by atoms with Crippen molar-refractivity contribution in [3.63, 3.8) is 0 Å². The van der Waals surface area contributed by atoms with Crippen LogP contribution in [0, 0.1) is 19.8 Å². The van der Waals surface area contributed by atoms with Gasteiger partial charge in [0.1, 0.15) is 5.75 Å². The van der Waals surface area contributed by atoms with Crippen molar-refractivity contribution in [3.8, 4) is 5.75 Å². The van der Waals surface area contributed by atoms with E-state index in [-0.39, 0.29) is 5.91 Å². The van der Waals surface area contributed by atoms with Gasteiger partial charge in [0.05, 0.1) is 0 Å². The summed E-state index contributed by atoms with van der Waals surface area (Å²) in [5, 5.41) is 11.5. The van der Waals surface area contributed by atoms with Gasteiger partial charge in [0.2, 0.25) is 5.13 Å². The Kier molecular flexibility index (Phi) is 7.25. The van der Waals surface area contributed by atoms with Crippen LogP contribution in [0.15, 0.2) is 22.5 Å². The summed E-state index contributed by atoms with van der Waals surface area (Å²) in [6.45, 7) is 10.3. The lowest BCUT2D eigenvalue weighted by atomic mass is 10.1. The maximum atomic E-state index is 12.5. The van der Waals surface area contributed by atoms with Crippen molar-refractivity contribution >= 4 is 34.1 Å². The first-order valence-electron chi connectivity index (χ1n) is 8.40. The van der Waals surface area contributed by atoms with Gasteiger partial charge in [-0.15, -0.1) is 10.2 Å². The van der Waals surface area contributed by atoms with Crippen LogP contribution in [0.4, 0.5) is 5.13 Å². The SMILES string of the molecule is CCC(Oc1ccc(C)cc1C)C(=O)Nc1nnc(SCC(C)C)s1.